The van der Waals surface area contributed by atoms with E-state index < -0.39 is 11.2 Å². The predicted octanol–water partition coefficient (Wildman–Crippen LogP) is 5.97. The zero-order chi connectivity index (χ0) is 24.1. The zero-order valence-electron chi connectivity index (χ0n) is 18.5. The molecular weight excluding hydrogens is 466 g/mol. The van der Waals surface area contributed by atoms with E-state index >= 15 is 0 Å². The number of nitriles is 1. The number of hydrogen-bond acceptors (Lipinski definition) is 4. The molecular formula is C27H22ClN3O2S. The number of carbonyl (C=O) groups is 2. The number of amides is 2. The molecule has 4 rings (SSSR count). The van der Waals surface area contributed by atoms with Gasteiger partial charge in [0.2, 0.25) is 5.91 Å². The van der Waals surface area contributed by atoms with E-state index in [-0.39, 0.29) is 11.5 Å². The third-order valence-electron chi connectivity index (χ3n) is 5.50. The highest BCUT2D eigenvalue weighted by molar-refractivity contribution is 8.05. The van der Waals surface area contributed by atoms with E-state index in [0.29, 0.717) is 27.8 Å². The molecule has 0 saturated carbocycles. The van der Waals surface area contributed by atoms with E-state index in [1.807, 2.05) is 54.6 Å². The molecule has 170 valence electrons. The largest absolute Gasteiger partial charge is 0.321 e. The van der Waals surface area contributed by atoms with Gasteiger partial charge in [0, 0.05) is 16.4 Å². The lowest BCUT2D eigenvalue weighted by Crippen LogP contribution is -2.30. The second kappa shape index (κ2) is 10.6. The van der Waals surface area contributed by atoms with Gasteiger partial charge in [-0.15, -0.1) is 0 Å². The SMILES string of the molecule is CCc1ccc(NC(=O)/C(C#N)=C2/SC(Cc3ccccc3Cl)C(=O)N2c2ccccc2)cc1. The summed E-state index contributed by atoms with van der Waals surface area (Å²) in [5.74, 6) is -0.750. The molecule has 3 aromatic rings. The fourth-order valence-corrected chi connectivity index (χ4v) is 5.19. The van der Waals surface area contributed by atoms with Gasteiger partial charge in [-0.05, 0) is 54.3 Å². The van der Waals surface area contributed by atoms with Gasteiger partial charge in [-0.1, -0.05) is 78.8 Å². The molecule has 1 heterocycles. The van der Waals surface area contributed by atoms with Gasteiger partial charge in [0.05, 0.1) is 5.25 Å². The van der Waals surface area contributed by atoms with E-state index in [9.17, 15) is 14.9 Å². The first-order chi connectivity index (χ1) is 16.5. The molecule has 0 bridgehead atoms. The van der Waals surface area contributed by atoms with Gasteiger partial charge in [0.15, 0.2) is 0 Å². The summed E-state index contributed by atoms with van der Waals surface area (Å²) in [7, 11) is 0. The van der Waals surface area contributed by atoms with Gasteiger partial charge in [-0.25, -0.2) is 0 Å². The van der Waals surface area contributed by atoms with Crippen molar-refractivity contribution < 1.29 is 9.59 Å². The average molecular weight is 488 g/mol. The van der Waals surface area contributed by atoms with Crippen LogP contribution >= 0.6 is 23.4 Å². The summed E-state index contributed by atoms with van der Waals surface area (Å²) in [6.07, 6.45) is 1.27. The summed E-state index contributed by atoms with van der Waals surface area (Å²) in [5, 5.41) is 13.1. The second-order valence-electron chi connectivity index (χ2n) is 7.71. The third-order valence-corrected chi connectivity index (χ3v) is 7.13. The lowest BCUT2D eigenvalue weighted by molar-refractivity contribution is -0.117. The smallest absolute Gasteiger partial charge is 0.269 e. The van der Waals surface area contributed by atoms with Crippen molar-refractivity contribution >= 4 is 46.6 Å². The van der Waals surface area contributed by atoms with Crippen molar-refractivity contribution in [2.24, 2.45) is 0 Å². The first kappa shape index (κ1) is 23.6. The van der Waals surface area contributed by atoms with Crippen LogP contribution in [0.4, 0.5) is 11.4 Å². The lowest BCUT2D eigenvalue weighted by atomic mass is 10.1. The second-order valence-corrected chi connectivity index (χ2v) is 9.31. The number of nitrogens with zero attached hydrogens (tertiary/aromatic N) is 2. The Morgan fingerprint density at radius 1 is 1.06 bits per heavy atom. The average Bonchev–Trinajstić information content (AvgIpc) is 3.17. The number of aryl methyl sites for hydroxylation is 1. The van der Waals surface area contributed by atoms with Crippen molar-refractivity contribution in [1.29, 1.82) is 5.26 Å². The Morgan fingerprint density at radius 2 is 1.74 bits per heavy atom. The molecule has 0 radical (unpaired) electrons. The molecule has 1 aliphatic rings. The molecule has 1 aliphatic heterocycles. The number of hydrogen-bond donors (Lipinski definition) is 1. The number of thioether (sulfide) groups is 1. The Morgan fingerprint density at radius 3 is 2.38 bits per heavy atom. The minimum absolute atomic E-state index is 0.108. The van der Waals surface area contributed by atoms with Crippen molar-refractivity contribution in [3.63, 3.8) is 0 Å². The fourth-order valence-electron chi connectivity index (χ4n) is 3.68. The fraction of sp³-hybridized carbons (Fsp3) is 0.148. The third kappa shape index (κ3) is 5.01. The van der Waals surface area contributed by atoms with Gasteiger partial charge in [0.1, 0.15) is 16.7 Å². The van der Waals surface area contributed by atoms with E-state index in [1.54, 1.807) is 30.3 Å². The molecule has 1 unspecified atom stereocenters. The molecule has 5 nitrogen and oxygen atoms in total. The van der Waals surface area contributed by atoms with E-state index in [4.69, 9.17) is 11.6 Å². The highest BCUT2D eigenvalue weighted by Crippen LogP contribution is 2.42. The summed E-state index contributed by atoms with van der Waals surface area (Å²) >= 11 is 7.55. The molecule has 1 atom stereocenters. The predicted molar refractivity (Wildman–Crippen MR) is 138 cm³/mol. The highest BCUT2D eigenvalue weighted by Gasteiger charge is 2.41. The maximum atomic E-state index is 13.5. The standard InChI is InChI=1S/C27H22ClN3O2S/c1-2-18-12-14-20(15-13-18)30-25(32)22(17-29)27-31(21-9-4-3-5-10-21)26(33)24(34-27)16-19-8-6-7-11-23(19)28/h3-15,24H,2,16H2,1H3,(H,30,32)/b27-22+. The highest BCUT2D eigenvalue weighted by atomic mass is 35.5. The summed E-state index contributed by atoms with van der Waals surface area (Å²) < 4.78 is 0. The summed E-state index contributed by atoms with van der Waals surface area (Å²) in [5.41, 5.74) is 3.06. The molecule has 0 aromatic heterocycles. The molecule has 3 aromatic carbocycles. The molecule has 1 saturated heterocycles. The van der Waals surface area contributed by atoms with E-state index in [1.165, 1.54) is 16.7 Å². The van der Waals surface area contributed by atoms with Crippen molar-refractivity contribution in [1.82, 2.24) is 0 Å². The first-order valence-electron chi connectivity index (χ1n) is 10.9. The van der Waals surface area contributed by atoms with Crippen LogP contribution in [-0.4, -0.2) is 17.1 Å². The Bertz CT molecular complexity index is 1280. The number of halogens is 1. The lowest BCUT2D eigenvalue weighted by Gasteiger charge is -2.18. The minimum Gasteiger partial charge on any atom is -0.321 e. The van der Waals surface area contributed by atoms with Crippen LogP contribution < -0.4 is 10.2 Å². The van der Waals surface area contributed by atoms with E-state index in [0.717, 1.165) is 17.5 Å². The minimum atomic E-state index is -0.554. The number of rotatable bonds is 6. The Balaban J connectivity index is 1.70. The molecule has 0 spiro atoms. The van der Waals surface area contributed by atoms with Gasteiger partial charge in [0.25, 0.3) is 5.91 Å². The number of carbonyl (C=O) groups excluding carboxylic acids is 2. The van der Waals surface area contributed by atoms with Gasteiger partial charge < -0.3 is 5.32 Å². The van der Waals surface area contributed by atoms with Crippen molar-refractivity contribution in [2.75, 3.05) is 10.2 Å². The maximum Gasteiger partial charge on any atom is 0.269 e. The van der Waals surface area contributed by atoms with Crippen LogP contribution in [0.5, 0.6) is 0 Å². The quantitative estimate of drug-likeness (QED) is 0.343. The topological polar surface area (TPSA) is 73.2 Å². The Labute approximate surface area is 208 Å². The Hall–Kier alpha value is -3.53. The van der Waals surface area contributed by atoms with Crippen molar-refractivity contribution in [2.45, 2.75) is 25.0 Å². The molecule has 2 amide bonds. The van der Waals surface area contributed by atoms with Crippen molar-refractivity contribution in [3.05, 3.63) is 106 Å². The maximum absolute atomic E-state index is 13.5. The van der Waals surface area contributed by atoms with Gasteiger partial charge in [-0.3, -0.25) is 14.5 Å². The molecule has 7 heteroatoms. The zero-order valence-corrected chi connectivity index (χ0v) is 20.1. The van der Waals surface area contributed by atoms with Crippen LogP contribution in [0, 0.1) is 11.3 Å². The van der Waals surface area contributed by atoms with Gasteiger partial charge in [-0.2, -0.15) is 5.26 Å². The van der Waals surface area contributed by atoms with Crippen LogP contribution in [0.3, 0.4) is 0 Å². The monoisotopic (exact) mass is 487 g/mol. The van der Waals surface area contributed by atoms with Crippen LogP contribution in [0.15, 0.2) is 89.5 Å². The Kier molecular flexibility index (Phi) is 7.36. The number of para-hydroxylation sites is 1. The number of anilines is 2. The molecule has 34 heavy (non-hydrogen) atoms. The van der Waals surface area contributed by atoms with E-state index in [2.05, 4.69) is 12.2 Å². The van der Waals surface area contributed by atoms with Crippen LogP contribution in [0.1, 0.15) is 18.1 Å². The van der Waals surface area contributed by atoms with Crippen LogP contribution in [0.2, 0.25) is 5.02 Å². The molecule has 0 aliphatic carbocycles. The summed E-state index contributed by atoms with van der Waals surface area (Å²) in [4.78, 5) is 28.1. The first-order valence-corrected chi connectivity index (χ1v) is 12.1. The van der Waals surface area contributed by atoms with Crippen molar-refractivity contribution in [3.8, 4) is 6.07 Å². The summed E-state index contributed by atoms with van der Waals surface area (Å²) in [6, 6.07) is 25.9. The van der Waals surface area contributed by atoms with Crippen LogP contribution in [-0.2, 0) is 22.4 Å². The van der Waals surface area contributed by atoms with Crippen LogP contribution in [0.25, 0.3) is 0 Å². The van der Waals surface area contributed by atoms with Gasteiger partial charge >= 0.3 is 0 Å². The molecule has 1 fully saturated rings. The normalized spacial score (nSPS) is 16.8. The number of nitrogens with one attached hydrogen (secondary N) is 1. The molecule has 1 N–H and O–H groups in total. The summed E-state index contributed by atoms with van der Waals surface area (Å²) in [6.45, 7) is 2.05. The number of benzene rings is 3.